The molecule has 0 saturated heterocycles. The zero-order chi connectivity index (χ0) is 17.7. The van der Waals surface area contributed by atoms with Crippen LogP contribution in [0.4, 0.5) is 0 Å². The Bertz CT molecular complexity index is 483. The molecule has 0 atom stereocenters. The van der Waals surface area contributed by atoms with E-state index in [1.807, 2.05) is 19.1 Å². The highest BCUT2D eigenvalue weighted by Crippen LogP contribution is 2.21. The van der Waals surface area contributed by atoms with Gasteiger partial charge in [-0.1, -0.05) is 15.9 Å². The molecule has 130 valence electrons. The summed E-state index contributed by atoms with van der Waals surface area (Å²) in [7, 11) is 1.72. The van der Waals surface area contributed by atoms with Crippen LogP contribution in [-0.4, -0.2) is 55.6 Å². The summed E-state index contributed by atoms with van der Waals surface area (Å²) < 4.78 is 11.7. The first-order chi connectivity index (χ1) is 10.9. The van der Waals surface area contributed by atoms with Gasteiger partial charge in [-0.2, -0.15) is 0 Å². The second kappa shape index (κ2) is 12.9. The lowest BCUT2D eigenvalue weighted by Crippen LogP contribution is -2.23. The number of nitrogens with one attached hydrogen (secondary N) is 1. The van der Waals surface area contributed by atoms with E-state index in [2.05, 4.69) is 27.3 Å². The molecule has 0 fully saturated rings. The van der Waals surface area contributed by atoms with Crippen molar-refractivity contribution in [1.82, 2.24) is 5.32 Å². The number of hydrogen-bond donors (Lipinski definition) is 3. The summed E-state index contributed by atoms with van der Waals surface area (Å²) in [6.45, 7) is 5.37. The summed E-state index contributed by atoms with van der Waals surface area (Å²) >= 11 is 3.43. The number of aryl methyl sites for hydroxylation is 1. The third kappa shape index (κ3) is 11.6. The van der Waals surface area contributed by atoms with Gasteiger partial charge in [0.15, 0.2) is 0 Å². The van der Waals surface area contributed by atoms with Crippen LogP contribution in [0, 0.1) is 6.92 Å². The van der Waals surface area contributed by atoms with Crippen molar-refractivity contribution in [2.75, 3.05) is 33.4 Å². The van der Waals surface area contributed by atoms with Gasteiger partial charge in [-0.3, -0.25) is 0 Å². The molecule has 0 aliphatic rings. The maximum atomic E-state index is 9.10. The fourth-order valence-electron chi connectivity index (χ4n) is 1.47. The largest absolute Gasteiger partial charge is 0.492 e. The van der Waals surface area contributed by atoms with Crippen molar-refractivity contribution in [3.05, 3.63) is 28.2 Å². The number of carbonyl (C=O) groups is 2. The van der Waals surface area contributed by atoms with Crippen molar-refractivity contribution < 1.29 is 29.3 Å². The first-order valence-electron chi connectivity index (χ1n) is 6.93. The summed E-state index contributed by atoms with van der Waals surface area (Å²) in [4.78, 5) is 18.2. The van der Waals surface area contributed by atoms with Gasteiger partial charge >= 0.3 is 11.9 Å². The minimum absolute atomic E-state index is 0.690. The van der Waals surface area contributed by atoms with E-state index >= 15 is 0 Å². The summed E-state index contributed by atoms with van der Waals surface area (Å²) in [5, 5.41) is 18.1. The predicted molar refractivity (Wildman–Crippen MR) is 89.0 cm³/mol. The van der Waals surface area contributed by atoms with Gasteiger partial charge in [0.05, 0.1) is 0 Å². The number of carboxylic acid groups (broad SMARTS) is 2. The van der Waals surface area contributed by atoms with Gasteiger partial charge in [0.1, 0.15) is 12.4 Å². The summed E-state index contributed by atoms with van der Waals surface area (Å²) in [6, 6.07) is 6.04. The Balaban J connectivity index is 0.000000688. The molecule has 1 aromatic carbocycles. The summed E-state index contributed by atoms with van der Waals surface area (Å²) in [5.74, 6) is -2.70. The van der Waals surface area contributed by atoms with E-state index in [4.69, 9.17) is 29.3 Å². The molecule has 0 amide bonds. The molecule has 0 spiro atoms. The molecule has 1 aromatic rings. The quantitative estimate of drug-likeness (QED) is 0.459. The monoisotopic (exact) mass is 391 g/mol. The third-order valence-corrected chi connectivity index (χ3v) is 3.05. The fraction of sp³-hybridized carbons (Fsp3) is 0.467. The maximum absolute atomic E-state index is 9.10. The molecular formula is C15H22BrNO6. The molecule has 1 rings (SSSR count). The third-order valence-electron chi connectivity index (χ3n) is 2.56. The smallest absolute Gasteiger partial charge is 0.414 e. The highest BCUT2D eigenvalue weighted by atomic mass is 79.9. The van der Waals surface area contributed by atoms with E-state index in [-0.39, 0.29) is 0 Å². The molecule has 0 saturated carbocycles. The van der Waals surface area contributed by atoms with Gasteiger partial charge in [-0.15, -0.1) is 0 Å². The highest BCUT2D eigenvalue weighted by molar-refractivity contribution is 9.10. The number of methoxy groups -OCH3 is 1. The number of benzene rings is 1. The van der Waals surface area contributed by atoms with E-state index in [0.29, 0.717) is 6.61 Å². The number of hydrogen-bond acceptors (Lipinski definition) is 5. The second-order valence-corrected chi connectivity index (χ2v) is 5.38. The molecule has 0 aliphatic heterocycles. The normalized spacial score (nSPS) is 9.70. The molecule has 8 heteroatoms. The second-order valence-electron chi connectivity index (χ2n) is 4.46. The van der Waals surface area contributed by atoms with Crippen LogP contribution in [0.1, 0.15) is 12.0 Å². The van der Waals surface area contributed by atoms with E-state index in [0.717, 1.165) is 41.9 Å². The average Bonchev–Trinajstić information content (AvgIpc) is 2.48. The van der Waals surface area contributed by atoms with Gasteiger partial charge in [-0.05, 0) is 43.7 Å². The van der Waals surface area contributed by atoms with Crippen LogP contribution >= 0.6 is 15.9 Å². The lowest BCUT2D eigenvalue weighted by molar-refractivity contribution is -0.159. The van der Waals surface area contributed by atoms with Crippen molar-refractivity contribution in [1.29, 1.82) is 0 Å². The summed E-state index contributed by atoms with van der Waals surface area (Å²) in [5.41, 5.74) is 1.15. The van der Waals surface area contributed by atoms with Crippen molar-refractivity contribution in [2.45, 2.75) is 13.3 Å². The fourth-order valence-corrected chi connectivity index (χ4v) is 1.95. The Morgan fingerprint density at radius 1 is 1.17 bits per heavy atom. The molecule has 7 nitrogen and oxygen atoms in total. The number of ether oxygens (including phenoxy) is 2. The molecule has 23 heavy (non-hydrogen) atoms. The minimum Gasteiger partial charge on any atom is -0.492 e. The minimum atomic E-state index is -1.82. The van der Waals surface area contributed by atoms with E-state index in [1.54, 1.807) is 7.11 Å². The molecule has 0 aromatic heterocycles. The maximum Gasteiger partial charge on any atom is 0.414 e. The van der Waals surface area contributed by atoms with Crippen LogP contribution in [0.15, 0.2) is 22.7 Å². The average molecular weight is 392 g/mol. The molecule has 0 unspecified atom stereocenters. The van der Waals surface area contributed by atoms with E-state index in [9.17, 15) is 0 Å². The first-order valence-corrected chi connectivity index (χ1v) is 7.72. The zero-order valence-corrected chi connectivity index (χ0v) is 14.8. The highest BCUT2D eigenvalue weighted by Gasteiger charge is 2.04. The van der Waals surface area contributed by atoms with Crippen LogP contribution < -0.4 is 10.1 Å². The molecule has 0 radical (unpaired) electrons. The summed E-state index contributed by atoms with van der Waals surface area (Å²) in [6.07, 6.45) is 1.04. The predicted octanol–water partition coefficient (Wildman–Crippen LogP) is 1.92. The number of aliphatic carboxylic acids is 2. The van der Waals surface area contributed by atoms with Crippen molar-refractivity contribution in [2.24, 2.45) is 0 Å². The van der Waals surface area contributed by atoms with Crippen LogP contribution in [0.25, 0.3) is 0 Å². The van der Waals surface area contributed by atoms with Gasteiger partial charge in [0.25, 0.3) is 0 Å². The molecule has 0 aliphatic carbocycles. The van der Waals surface area contributed by atoms with Crippen molar-refractivity contribution in [3.8, 4) is 5.75 Å². The Labute approximate surface area is 143 Å². The molecule has 0 heterocycles. The molecule has 3 N–H and O–H groups in total. The van der Waals surface area contributed by atoms with Crippen LogP contribution in [0.3, 0.4) is 0 Å². The number of carboxylic acids is 2. The standard InChI is InChI=1S/C13H20BrNO2.C2H2O4/c1-11-10-12(14)4-5-13(11)17-9-7-15-6-3-8-16-2;3-1(4)2(5)6/h4-5,10,15H,3,6-9H2,1-2H3;(H,3,4)(H,5,6). The SMILES string of the molecule is COCCCNCCOc1ccc(Br)cc1C.O=C(O)C(=O)O. The Kier molecular flexibility index (Phi) is 11.9. The van der Waals surface area contributed by atoms with Crippen molar-refractivity contribution >= 4 is 27.9 Å². The number of rotatable bonds is 8. The van der Waals surface area contributed by atoms with E-state index < -0.39 is 11.9 Å². The Morgan fingerprint density at radius 3 is 2.35 bits per heavy atom. The van der Waals surface area contributed by atoms with Crippen LogP contribution in [0.2, 0.25) is 0 Å². The van der Waals surface area contributed by atoms with Gasteiger partial charge < -0.3 is 25.0 Å². The van der Waals surface area contributed by atoms with Gasteiger partial charge in [0, 0.05) is 24.7 Å². The van der Waals surface area contributed by atoms with Gasteiger partial charge in [0.2, 0.25) is 0 Å². The topological polar surface area (TPSA) is 105 Å². The molecular weight excluding hydrogens is 370 g/mol. The van der Waals surface area contributed by atoms with Gasteiger partial charge in [-0.25, -0.2) is 9.59 Å². The first kappa shape index (κ1) is 21.4. The zero-order valence-electron chi connectivity index (χ0n) is 13.2. The van der Waals surface area contributed by atoms with E-state index in [1.165, 1.54) is 0 Å². The lowest BCUT2D eigenvalue weighted by Gasteiger charge is -2.10. The van der Waals surface area contributed by atoms with Crippen LogP contribution in [0.5, 0.6) is 5.75 Å². The Morgan fingerprint density at radius 2 is 1.83 bits per heavy atom. The lowest BCUT2D eigenvalue weighted by atomic mass is 10.2. The van der Waals surface area contributed by atoms with Crippen molar-refractivity contribution in [3.63, 3.8) is 0 Å². The van der Waals surface area contributed by atoms with Crippen LogP contribution in [-0.2, 0) is 14.3 Å². The molecule has 0 bridgehead atoms. The Hall–Kier alpha value is -1.64. The number of halogens is 1.